The lowest BCUT2D eigenvalue weighted by atomic mass is 9.61. The summed E-state index contributed by atoms with van der Waals surface area (Å²) >= 11 is 0. The van der Waals surface area contributed by atoms with E-state index in [-0.39, 0.29) is 5.78 Å². The van der Waals surface area contributed by atoms with Gasteiger partial charge in [-0.15, -0.1) is 0 Å². The lowest BCUT2D eigenvalue weighted by Crippen LogP contribution is -2.36. The Morgan fingerprint density at radius 1 is 0.536 bits per heavy atom. The number of hydrogen-bond donors (Lipinski definition) is 0. The number of carbonyl (C=O) groups is 1. The molecule has 0 aromatic heterocycles. The van der Waals surface area contributed by atoms with Gasteiger partial charge in [-0.1, -0.05) is 90.5 Å². The van der Waals surface area contributed by atoms with Crippen LogP contribution in [0.2, 0.25) is 0 Å². The van der Waals surface area contributed by atoms with E-state index in [4.69, 9.17) is 0 Å². The molecular formula is C27H18O. The first-order valence-electron chi connectivity index (χ1n) is 9.67. The molecule has 132 valence electrons. The van der Waals surface area contributed by atoms with Crippen molar-refractivity contribution in [3.05, 3.63) is 130 Å². The molecule has 0 unspecified atom stereocenters. The molecule has 0 aliphatic heterocycles. The summed E-state index contributed by atoms with van der Waals surface area (Å²) < 4.78 is 0. The Morgan fingerprint density at radius 2 is 1.00 bits per heavy atom. The van der Waals surface area contributed by atoms with Gasteiger partial charge in [-0.25, -0.2) is 0 Å². The van der Waals surface area contributed by atoms with Crippen molar-refractivity contribution in [3.63, 3.8) is 0 Å². The van der Waals surface area contributed by atoms with E-state index in [0.717, 1.165) is 27.8 Å². The quantitative estimate of drug-likeness (QED) is 0.330. The molecule has 6 rings (SSSR count). The molecule has 4 aromatic rings. The van der Waals surface area contributed by atoms with E-state index in [0.29, 0.717) is 0 Å². The number of carbonyl (C=O) groups excluding carboxylic acids is 1. The van der Waals surface area contributed by atoms with Crippen LogP contribution in [-0.2, 0) is 5.41 Å². The summed E-state index contributed by atoms with van der Waals surface area (Å²) in [6.07, 6.45) is 0. The fraction of sp³-hybridized carbons (Fsp3) is 0.0741. The van der Waals surface area contributed by atoms with Crippen molar-refractivity contribution in [2.45, 2.75) is 12.3 Å². The zero-order valence-electron chi connectivity index (χ0n) is 15.6. The third-order valence-corrected chi connectivity index (χ3v) is 6.35. The summed E-state index contributed by atoms with van der Waals surface area (Å²) in [5, 5.41) is 0. The van der Waals surface area contributed by atoms with Gasteiger partial charge in [-0.3, -0.25) is 4.79 Å². The van der Waals surface area contributed by atoms with Crippen LogP contribution in [0, 0.1) is 6.92 Å². The predicted octanol–water partition coefficient (Wildman–Crippen LogP) is 5.90. The average Bonchev–Trinajstić information content (AvgIpc) is 3.04. The highest BCUT2D eigenvalue weighted by Crippen LogP contribution is 2.58. The summed E-state index contributed by atoms with van der Waals surface area (Å²) in [6.45, 7) is 2.05. The van der Waals surface area contributed by atoms with Crippen molar-refractivity contribution in [2.75, 3.05) is 0 Å². The van der Waals surface area contributed by atoms with E-state index in [9.17, 15) is 4.79 Å². The van der Waals surface area contributed by atoms with Crippen molar-refractivity contribution in [2.24, 2.45) is 0 Å². The predicted molar refractivity (Wildman–Crippen MR) is 112 cm³/mol. The van der Waals surface area contributed by atoms with Gasteiger partial charge < -0.3 is 0 Å². The first kappa shape index (κ1) is 15.6. The molecule has 0 amide bonds. The molecule has 4 aromatic carbocycles. The monoisotopic (exact) mass is 358 g/mol. The van der Waals surface area contributed by atoms with Crippen molar-refractivity contribution in [1.82, 2.24) is 0 Å². The van der Waals surface area contributed by atoms with Gasteiger partial charge in [0, 0.05) is 11.1 Å². The fourth-order valence-corrected chi connectivity index (χ4v) is 5.29. The summed E-state index contributed by atoms with van der Waals surface area (Å²) in [5.41, 5.74) is 9.54. The molecule has 0 bridgehead atoms. The van der Waals surface area contributed by atoms with Crippen molar-refractivity contribution >= 4 is 5.78 Å². The Bertz CT molecular complexity index is 1250. The minimum Gasteiger partial charge on any atom is -0.289 e. The number of aryl methyl sites for hydroxylation is 1. The molecule has 0 heterocycles. The van der Waals surface area contributed by atoms with Gasteiger partial charge in [0.25, 0.3) is 0 Å². The third kappa shape index (κ3) is 1.70. The van der Waals surface area contributed by atoms with Crippen molar-refractivity contribution in [3.8, 4) is 11.1 Å². The maximum Gasteiger partial charge on any atom is 0.193 e. The Hall–Kier alpha value is -3.45. The number of fused-ring (bicyclic) bond motifs is 9. The Morgan fingerprint density at radius 3 is 1.61 bits per heavy atom. The summed E-state index contributed by atoms with van der Waals surface area (Å²) in [5.74, 6) is 0.127. The van der Waals surface area contributed by atoms with Crippen LogP contribution in [0.4, 0.5) is 0 Å². The van der Waals surface area contributed by atoms with E-state index >= 15 is 0 Å². The maximum absolute atomic E-state index is 13.4. The lowest BCUT2D eigenvalue weighted by molar-refractivity contribution is 0.103. The van der Waals surface area contributed by atoms with E-state index in [1.54, 1.807) is 0 Å². The molecule has 0 atom stereocenters. The van der Waals surface area contributed by atoms with Crippen LogP contribution >= 0.6 is 0 Å². The highest BCUT2D eigenvalue weighted by atomic mass is 16.1. The zero-order valence-corrected chi connectivity index (χ0v) is 15.6. The molecule has 0 saturated carbocycles. The molecule has 1 heteroatoms. The number of rotatable bonds is 0. The lowest BCUT2D eigenvalue weighted by Gasteiger charge is -2.39. The maximum atomic E-state index is 13.4. The molecule has 1 nitrogen and oxygen atoms in total. The molecule has 0 saturated heterocycles. The van der Waals surface area contributed by atoms with Crippen LogP contribution < -0.4 is 0 Å². The number of hydrogen-bond acceptors (Lipinski definition) is 1. The molecule has 2 aliphatic rings. The van der Waals surface area contributed by atoms with Gasteiger partial charge in [0.2, 0.25) is 0 Å². The molecule has 28 heavy (non-hydrogen) atoms. The zero-order chi connectivity index (χ0) is 18.9. The van der Waals surface area contributed by atoms with Crippen LogP contribution in [0.1, 0.15) is 43.7 Å². The minimum absolute atomic E-state index is 0.127. The standard InChI is InChI=1S/C27H18O/c1-17-14-15-25-21(16-17)26(28)20-10-4-7-13-24(20)27(25)22-11-5-2-8-18(22)19-9-3-6-12-23(19)27/h2-16H,1H3. The van der Waals surface area contributed by atoms with Gasteiger partial charge in [0.15, 0.2) is 5.78 Å². The number of benzene rings is 4. The third-order valence-electron chi connectivity index (χ3n) is 6.35. The van der Waals surface area contributed by atoms with Gasteiger partial charge in [0.05, 0.1) is 5.41 Å². The minimum atomic E-state index is -0.444. The second kappa shape index (κ2) is 5.30. The molecule has 2 aliphatic carbocycles. The molecule has 0 fully saturated rings. The smallest absolute Gasteiger partial charge is 0.193 e. The second-order valence-electron chi connectivity index (χ2n) is 7.76. The summed E-state index contributed by atoms with van der Waals surface area (Å²) in [4.78, 5) is 13.4. The molecule has 0 N–H and O–H groups in total. The normalized spacial score (nSPS) is 15.0. The van der Waals surface area contributed by atoms with Gasteiger partial charge in [-0.2, -0.15) is 0 Å². The first-order chi connectivity index (χ1) is 13.7. The molecule has 0 radical (unpaired) electrons. The Balaban J connectivity index is 1.88. The van der Waals surface area contributed by atoms with E-state index in [2.05, 4.69) is 85.8 Å². The van der Waals surface area contributed by atoms with E-state index in [1.807, 2.05) is 12.1 Å². The van der Waals surface area contributed by atoms with Gasteiger partial charge in [0.1, 0.15) is 0 Å². The van der Waals surface area contributed by atoms with E-state index in [1.165, 1.54) is 22.3 Å². The van der Waals surface area contributed by atoms with Crippen LogP contribution in [-0.4, -0.2) is 5.78 Å². The van der Waals surface area contributed by atoms with E-state index < -0.39 is 5.41 Å². The first-order valence-corrected chi connectivity index (χ1v) is 9.67. The average molecular weight is 358 g/mol. The van der Waals surface area contributed by atoms with Crippen molar-refractivity contribution in [1.29, 1.82) is 0 Å². The van der Waals surface area contributed by atoms with Gasteiger partial charge in [-0.05, 0) is 46.4 Å². The Labute approximate surface area is 164 Å². The SMILES string of the molecule is Cc1ccc2c(c1)C(=O)c1ccccc1C21c2ccccc2-c2ccccc21. The summed E-state index contributed by atoms with van der Waals surface area (Å²) in [7, 11) is 0. The van der Waals surface area contributed by atoms with Crippen molar-refractivity contribution < 1.29 is 4.79 Å². The highest BCUT2D eigenvalue weighted by Gasteiger charge is 2.51. The topological polar surface area (TPSA) is 17.1 Å². The molecular weight excluding hydrogens is 340 g/mol. The van der Waals surface area contributed by atoms with Crippen LogP contribution in [0.5, 0.6) is 0 Å². The number of ketones is 1. The summed E-state index contributed by atoms with van der Waals surface area (Å²) in [6, 6.07) is 31.8. The second-order valence-corrected chi connectivity index (χ2v) is 7.76. The highest BCUT2D eigenvalue weighted by molar-refractivity contribution is 6.15. The van der Waals surface area contributed by atoms with Crippen LogP contribution in [0.25, 0.3) is 11.1 Å². The fourth-order valence-electron chi connectivity index (χ4n) is 5.29. The molecule has 1 spiro atoms. The van der Waals surface area contributed by atoms with Crippen LogP contribution in [0.3, 0.4) is 0 Å². The van der Waals surface area contributed by atoms with Gasteiger partial charge >= 0.3 is 0 Å². The van der Waals surface area contributed by atoms with Crippen LogP contribution in [0.15, 0.2) is 91.0 Å². The largest absolute Gasteiger partial charge is 0.289 e. The Kier molecular flexibility index (Phi) is 2.95.